The lowest BCUT2D eigenvalue weighted by molar-refractivity contribution is -0.215. The van der Waals surface area contributed by atoms with Gasteiger partial charge in [-0.25, -0.2) is 0 Å². The molecule has 0 radical (unpaired) electrons. The molecule has 34 heavy (non-hydrogen) atoms. The lowest BCUT2D eigenvalue weighted by atomic mass is 9.85. The molecule has 3 aromatic carbocycles. The number of rotatable bonds is 8. The molecule has 0 bridgehead atoms. The van der Waals surface area contributed by atoms with E-state index in [4.69, 9.17) is 18.9 Å². The number of aryl methyl sites for hydroxylation is 1. The topological polar surface area (TPSA) is 54.0 Å². The molecular weight excluding hydrogens is 448 g/mol. The van der Waals surface area contributed by atoms with Gasteiger partial charge < -0.3 is 18.9 Å². The fraction of sp³-hybridized carbons (Fsp3) is 0.321. The number of carbonyl (C=O) groups excluding carboxylic acids is 1. The number of benzene rings is 3. The van der Waals surface area contributed by atoms with E-state index in [0.29, 0.717) is 30.1 Å². The van der Waals surface area contributed by atoms with Gasteiger partial charge >= 0.3 is 0 Å². The molecule has 5 nitrogen and oxygen atoms in total. The molecule has 1 unspecified atom stereocenters. The second kappa shape index (κ2) is 10.6. The van der Waals surface area contributed by atoms with Crippen LogP contribution in [-0.4, -0.2) is 31.5 Å². The van der Waals surface area contributed by atoms with Crippen molar-refractivity contribution < 1.29 is 23.7 Å². The van der Waals surface area contributed by atoms with E-state index in [2.05, 4.69) is 0 Å². The third-order valence-electron chi connectivity index (χ3n) is 6.09. The van der Waals surface area contributed by atoms with E-state index < -0.39 is 11.9 Å². The first-order chi connectivity index (χ1) is 16.4. The van der Waals surface area contributed by atoms with Gasteiger partial charge in [-0.2, -0.15) is 0 Å². The first-order valence-corrected chi connectivity index (χ1v) is 12.1. The molecule has 1 aliphatic heterocycles. The van der Waals surface area contributed by atoms with Gasteiger partial charge in [-0.1, -0.05) is 48.5 Å². The lowest BCUT2D eigenvalue weighted by Crippen LogP contribution is -2.50. The Labute approximate surface area is 205 Å². The summed E-state index contributed by atoms with van der Waals surface area (Å²) in [7, 11) is 3.23. The van der Waals surface area contributed by atoms with Crippen molar-refractivity contribution in [3.8, 4) is 11.5 Å². The minimum atomic E-state index is -1.23. The molecule has 1 fully saturated rings. The van der Waals surface area contributed by atoms with Crippen molar-refractivity contribution in [3.05, 3.63) is 89.5 Å². The number of methoxy groups -OCH3 is 2. The summed E-state index contributed by atoms with van der Waals surface area (Å²) >= 11 is 1.59. The highest BCUT2D eigenvalue weighted by molar-refractivity contribution is 8.00. The van der Waals surface area contributed by atoms with Gasteiger partial charge in [0, 0.05) is 24.0 Å². The maximum absolute atomic E-state index is 13.6. The molecule has 3 aromatic rings. The van der Waals surface area contributed by atoms with Gasteiger partial charge in [-0.15, -0.1) is 11.8 Å². The Balaban J connectivity index is 1.65. The maximum atomic E-state index is 13.6. The summed E-state index contributed by atoms with van der Waals surface area (Å²) in [5.41, 5.74) is 1.36. The molecule has 0 amide bonds. The second-order valence-corrected chi connectivity index (χ2v) is 9.76. The smallest absolute Gasteiger partial charge is 0.171 e. The summed E-state index contributed by atoms with van der Waals surface area (Å²) in [6.07, 6.45) is -0.259. The van der Waals surface area contributed by atoms with Crippen molar-refractivity contribution >= 4 is 17.5 Å². The molecule has 4 rings (SSSR count). The summed E-state index contributed by atoms with van der Waals surface area (Å²) in [6.45, 7) is 4.13. The van der Waals surface area contributed by atoms with Crippen molar-refractivity contribution in [1.29, 1.82) is 0 Å². The molecule has 1 aliphatic rings. The average molecular weight is 479 g/mol. The van der Waals surface area contributed by atoms with Gasteiger partial charge in [0.15, 0.2) is 17.7 Å². The SMILES string of the molecule is COc1cc([C@]2(C)O[C@@H](OC)C(Sc3ccccc3)CC2=O)c(OCc2ccccc2)cc1C. The summed E-state index contributed by atoms with van der Waals surface area (Å²) < 4.78 is 23.9. The number of carbonyl (C=O) groups is 1. The largest absolute Gasteiger partial charge is 0.496 e. The Hall–Kier alpha value is -2.80. The van der Waals surface area contributed by atoms with E-state index in [1.807, 2.05) is 79.7 Å². The number of Topliss-reactive ketones (excluding diaryl/α,β-unsaturated/α-hetero) is 1. The second-order valence-electron chi connectivity index (χ2n) is 8.44. The minimum absolute atomic E-state index is 0.0234. The van der Waals surface area contributed by atoms with E-state index in [1.54, 1.807) is 32.9 Å². The van der Waals surface area contributed by atoms with E-state index in [9.17, 15) is 4.79 Å². The van der Waals surface area contributed by atoms with Gasteiger partial charge in [0.25, 0.3) is 0 Å². The minimum Gasteiger partial charge on any atom is -0.496 e. The van der Waals surface area contributed by atoms with Crippen LogP contribution in [0.2, 0.25) is 0 Å². The van der Waals surface area contributed by atoms with Gasteiger partial charge in [0.1, 0.15) is 18.1 Å². The molecule has 0 spiro atoms. The first-order valence-electron chi connectivity index (χ1n) is 11.3. The van der Waals surface area contributed by atoms with Crippen LogP contribution in [0.5, 0.6) is 11.5 Å². The van der Waals surface area contributed by atoms with Crippen molar-refractivity contribution in [2.45, 2.75) is 48.9 Å². The van der Waals surface area contributed by atoms with Crippen LogP contribution in [0, 0.1) is 6.92 Å². The number of thioether (sulfide) groups is 1. The summed E-state index contributed by atoms with van der Waals surface area (Å²) in [4.78, 5) is 14.7. The molecular formula is C28H30O5S. The fourth-order valence-electron chi connectivity index (χ4n) is 4.14. The predicted molar refractivity (Wildman–Crippen MR) is 133 cm³/mol. The molecule has 178 valence electrons. The van der Waals surface area contributed by atoms with Crippen LogP contribution >= 0.6 is 11.8 Å². The van der Waals surface area contributed by atoms with Crippen LogP contribution < -0.4 is 9.47 Å². The van der Waals surface area contributed by atoms with Gasteiger partial charge in [0.05, 0.1) is 12.4 Å². The summed E-state index contributed by atoms with van der Waals surface area (Å²) in [5, 5.41) is -0.158. The molecule has 0 saturated carbocycles. The Morgan fingerprint density at radius 3 is 2.32 bits per heavy atom. The molecule has 6 heteroatoms. The van der Waals surface area contributed by atoms with Crippen LogP contribution in [0.4, 0.5) is 0 Å². The highest BCUT2D eigenvalue weighted by atomic mass is 32.2. The summed E-state index contributed by atoms with van der Waals surface area (Å²) in [6, 6.07) is 23.7. The Morgan fingerprint density at radius 1 is 1.00 bits per heavy atom. The number of ketones is 1. The van der Waals surface area contributed by atoms with Gasteiger partial charge in [0.2, 0.25) is 0 Å². The summed E-state index contributed by atoms with van der Waals surface area (Å²) in [5.74, 6) is 1.25. The predicted octanol–water partition coefficient (Wildman–Crippen LogP) is 5.92. The number of ether oxygens (including phenoxy) is 4. The van der Waals surface area contributed by atoms with Crippen molar-refractivity contribution in [2.24, 2.45) is 0 Å². The Bertz CT molecular complexity index is 1120. The molecule has 0 aromatic heterocycles. The standard InChI is InChI=1S/C28H30O5S/c1-19-15-24(32-18-20-11-7-5-8-12-20)22(16-23(19)30-3)28(2)26(29)17-25(27(31-4)33-28)34-21-13-9-6-10-14-21/h5-16,25,27H,17-18H2,1-4H3/t25?,27-,28+/m1/s1. The fourth-order valence-corrected chi connectivity index (χ4v) is 5.32. The maximum Gasteiger partial charge on any atom is 0.171 e. The molecule has 1 heterocycles. The first kappa shape index (κ1) is 24.3. The van der Waals surface area contributed by atoms with E-state index in [-0.39, 0.29) is 11.0 Å². The highest BCUT2D eigenvalue weighted by Gasteiger charge is 2.48. The third-order valence-corrected chi connectivity index (χ3v) is 7.32. The zero-order valence-corrected chi connectivity index (χ0v) is 20.8. The van der Waals surface area contributed by atoms with Crippen LogP contribution in [0.3, 0.4) is 0 Å². The third kappa shape index (κ3) is 5.14. The van der Waals surface area contributed by atoms with Crippen molar-refractivity contribution in [2.75, 3.05) is 14.2 Å². The quantitative estimate of drug-likeness (QED) is 0.401. The van der Waals surface area contributed by atoms with E-state index in [0.717, 1.165) is 16.0 Å². The zero-order chi connectivity index (χ0) is 24.1. The molecule has 3 atom stereocenters. The van der Waals surface area contributed by atoms with Crippen molar-refractivity contribution in [1.82, 2.24) is 0 Å². The molecule has 0 aliphatic carbocycles. The molecule has 1 saturated heterocycles. The lowest BCUT2D eigenvalue weighted by Gasteiger charge is -2.41. The zero-order valence-electron chi connectivity index (χ0n) is 19.9. The van der Waals surface area contributed by atoms with Crippen LogP contribution in [0.15, 0.2) is 77.7 Å². The number of hydrogen-bond acceptors (Lipinski definition) is 6. The highest BCUT2D eigenvalue weighted by Crippen LogP contribution is 2.45. The van der Waals surface area contributed by atoms with Crippen LogP contribution in [0.1, 0.15) is 30.0 Å². The average Bonchev–Trinajstić information content (AvgIpc) is 2.86. The monoisotopic (exact) mass is 478 g/mol. The van der Waals surface area contributed by atoms with Gasteiger partial charge in [-0.05, 0) is 49.2 Å². The van der Waals surface area contributed by atoms with Crippen LogP contribution in [-0.2, 0) is 26.5 Å². The Morgan fingerprint density at radius 2 is 1.68 bits per heavy atom. The van der Waals surface area contributed by atoms with E-state index in [1.165, 1.54) is 0 Å². The van der Waals surface area contributed by atoms with E-state index >= 15 is 0 Å². The Kier molecular flexibility index (Phi) is 7.61. The normalized spacial score (nSPS) is 22.4. The van der Waals surface area contributed by atoms with Gasteiger partial charge in [-0.3, -0.25) is 4.79 Å². The number of hydrogen-bond donors (Lipinski definition) is 0. The molecule has 0 N–H and O–H groups in total. The van der Waals surface area contributed by atoms with Crippen LogP contribution in [0.25, 0.3) is 0 Å². The van der Waals surface area contributed by atoms with Crippen molar-refractivity contribution in [3.63, 3.8) is 0 Å².